The molecule has 4 aromatic rings. The normalized spacial score (nSPS) is 10.8. The van der Waals surface area contributed by atoms with Crippen LogP contribution in [-0.4, -0.2) is 37.0 Å². The number of rotatable bonds is 8. The van der Waals surface area contributed by atoms with Crippen LogP contribution in [0.3, 0.4) is 0 Å². The lowest BCUT2D eigenvalue weighted by molar-refractivity contribution is -0.111. The lowest BCUT2D eigenvalue weighted by Gasteiger charge is -2.09. The third-order valence-corrected chi connectivity index (χ3v) is 5.20. The first-order chi connectivity index (χ1) is 16.6. The number of ether oxygens (including phenoxy) is 3. The van der Waals surface area contributed by atoms with Crippen molar-refractivity contribution in [3.63, 3.8) is 0 Å². The zero-order chi connectivity index (χ0) is 23.9. The number of anilines is 1. The van der Waals surface area contributed by atoms with Gasteiger partial charge in [0.15, 0.2) is 11.5 Å². The van der Waals surface area contributed by atoms with Gasteiger partial charge in [-0.05, 0) is 48.5 Å². The molecule has 0 unspecified atom stereocenters. The van der Waals surface area contributed by atoms with Gasteiger partial charge < -0.3 is 19.5 Å². The van der Waals surface area contributed by atoms with Gasteiger partial charge in [-0.1, -0.05) is 30.3 Å². The molecule has 3 aromatic carbocycles. The Labute approximate surface area is 198 Å². The van der Waals surface area contributed by atoms with Crippen molar-refractivity contribution in [1.29, 1.82) is 0 Å². The van der Waals surface area contributed by atoms with Crippen LogP contribution in [0.1, 0.15) is 5.56 Å². The summed E-state index contributed by atoms with van der Waals surface area (Å²) in [6.07, 6.45) is 5.10. The molecule has 0 aliphatic carbocycles. The van der Waals surface area contributed by atoms with Crippen LogP contribution in [-0.2, 0) is 4.79 Å². The number of hydrogen-bond acceptors (Lipinski definition) is 5. The molecule has 7 heteroatoms. The van der Waals surface area contributed by atoms with Crippen molar-refractivity contribution in [2.45, 2.75) is 0 Å². The minimum atomic E-state index is -0.282. The Kier molecular flexibility index (Phi) is 6.93. The molecule has 4 rings (SSSR count). The van der Waals surface area contributed by atoms with Gasteiger partial charge in [-0.25, -0.2) is 4.68 Å². The number of aromatic nitrogens is 2. The molecule has 0 saturated heterocycles. The highest BCUT2D eigenvalue weighted by Crippen LogP contribution is 2.34. The molecule has 0 spiro atoms. The molecular formula is C27H25N3O4. The number of nitrogens with one attached hydrogen (secondary N) is 1. The van der Waals surface area contributed by atoms with Gasteiger partial charge in [-0.15, -0.1) is 0 Å². The number of para-hydroxylation sites is 3. The average Bonchev–Trinajstić information content (AvgIpc) is 3.32. The van der Waals surface area contributed by atoms with Crippen LogP contribution in [0.15, 0.2) is 85.1 Å². The Morgan fingerprint density at radius 1 is 0.853 bits per heavy atom. The summed E-state index contributed by atoms with van der Waals surface area (Å²) < 4.78 is 17.9. The van der Waals surface area contributed by atoms with Gasteiger partial charge in [-0.2, -0.15) is 5.10 Å². The van der Waals surface area contributed by atoms with Gasteiger partial charge in [0, 0.05) is 23.4 Å². The van der Waals surface area contributed by atoms with E-state index in [1.165, 1.54) is 6.08 Å². The van der Waals surface area contributed by atoms with Crippen LogP contribution >= 0.6 is 0 Å². The van der Waals surface area contributed by atoms with E-state index in [4.69, 9.17) is 19.3 Å². The highest BCUT2D eigenvalue weighted by atomic mass is 16.5. The van der Waals surface area contributed by atoms with E-state index >= 15 is 0 Å². The van der Waals surface area contributed by atoms with E-state index < -0.39 is 0 Å². The first-order valence-electron chi connectivity index (χ1n) is 10.6. The largest absolute Gasteiger partial charge is 0.495 e. The lowest BCUT2D eigenvalue weighted by atomic mass is 10.1. The molecule has 1 N–H and O–H groups in total. The molecule has 0 fully saturated rings. The quantitative estimate of drug-likeness (QED) is 0.369. The monoisotopic (exact) mass is 455 g/mol. The van der Waals surface area contributed by atoms with E-state index in [9.17, 15) is 4.79 Å². The highest BCUT2D eigenvalue weighted by molar-refractivity contribution is 6.03. The van der Waals surface area contributed by atoms with Crippen molar-refractivity contribution in [3.05, 3.63) is 90.6 Å². The Hall–Kier alpha value is -4.52. The van der Waals surface area contributed by atoms with Crippen molar-refractivity contribution in [2.75, 3.05) is 26.6 Å². The summed E-state index contributed by atoms with van der Waals surface area (Å²) in [6, 6.07) is 22.6. The molecule has 172 valence electrons. The van der Waals surface area contributed by atoms with Crippen LogP contribution in [0.4, 0.5) is 5.69 Å². The van der Waals surface area contributed by atoms with Crippen LogP contribution < -0.4 is 19.5 Å². The molecule has 7 nitrogen and oxygen atoms in total. The first-order valence-corrected chi connectivity index (χ1v) is 10.6. The fraction of sp³-hybridized carbons (Fsp3) is 0.111. The summed E-state index contributed by atoms with van der Waals surface area (Å²) in [7, 11) is 4.75. The minimum Gasteiger partial charge on any atom is -0.495 e. The van der Waals surface area contributed by atoms with Crippen molar-refractivity contribution in [2.24, 2.45) is 0 Å². The molecule has 0 radical (unpaired) electrons. The maximum atomic E-state index is 12.6. The van der Waals surface area contributed by atoms with Crippen molar-refractivity contribution >= 4 is 17.7 Å². The molecule has 0 saturated carbocycles. The summed E-state index contributed by atoms with van der Waals surface area (Å²) in [6.45, 7) is 0. The average molecular weight is 456 g/mol. The smallest absolute Gasteiger partial charge is 0.248 e. The second kappa shape index (κ2) is 10.4. The third-order valence-electron chi connectivity index (χ3n) is 5.20. The Morgan fingerprint density at radius 3 is 2.29 bits per heavy atom. The predicted molar refractivity (Wildman–Crippen MR) is 133 cm³/mol. The Balaban J connectivity index is 1.69. The van der Waals surface area contributed by atoms with Crippen LogP contribution in [0, 0.1) is 0 Å². The second-order valence-corrected chi connectivity index (χ2v) is 7.31. The zero-order valence-electron chi connectivity index (χ0n) is 19.2. The molecule has 0 bridgehead atoms. The topological polar surface area (TPSA) is 74.6 Å². The summed E-state index contributed by atoms with van der Waals surface area (Å²) in [5.74, 6) is 1.53. The number of carbonyl (C=O) groups is 1. The molecule has 0 atom stereocenters. The maximum Gasteiger partial charge on any atom is 0.248 e. The van der Waals surface area contributed by atoms with Crippen LogP contribution in [0.5, 0.6) is 17.2 Å². The minimum absolute atomic E-state index is 0.282. The molecule has 34 heavy (non-hydrogen) atoms. The Morgan fingerprint density at radius 2 is 1.56 bits per heavy atom. The Bertz CT molecular complexity index is 1310. The zero-order valence-corrected chi connectivity index (χ0v) is 19.2. The summed E-state index contributed by atoms with van der Waals surface area (Å²) in [5, 5.41) is 7.64. The van der Waals surface area contributed by atoms with Crippen LogP contribution in [0.2, 0.25) is 0 Å². The molecule has 1 aromatic heterocycles. The van der Waals surface area contributed by atoms with E-state index in [1.54, 1.807) is 44.2 Å². The van der Waals surface area contributed by atoms with Crippen LogP contribution in [0.25, 0.3) is 23.0 Å². The fourth-order valence-corrected chi connectivity index (χ4v) is 3.52. The van der Waals surface area contributed by atoms with E-state index in [0.29, 0.717) is 28.6 Å². The van der Waals surface area contributed by atoms with Gasteiger partial charge in [0.05, 0.1) is 32.7 Å². The molecule has 0 aliphatic rings. The number of nitrogens with zero attached hydrogens (tertiary/aromatic N) is 2. The number of benzene rings is 3. The summed E-state index contributed by atoms with van der Waals surface area (Å²) in [5.41, 5.74) is 3.80. The van der Waals surface area contributed by atoms with E-state index in [1.807, 2.05) is 66.9 Å². The fourth-order valence-electron chi connectivity index (χ4n) is 3.52. The second-order valence-electron chi connectivity index (χ2n) is 7.31. The SMILES string of the molecule is COc1ccccc1NC(=O)/C=C/c1cn(-c2ccccc2)nc1-c1ccc(OC)c(OC)c1. The van der Waals surface area contributed by atoms with Gasteiger partial charge in [0.2, 0.25) is 5.91 Å². The number of carbonyl (C=O) groups excluding carboxylic acids is 1. The number of amides is 1. The standard InChI is InChI=1S/C27H25N3O4/c1-32-23-12-8-7-11-22(23)28-26(31)16-14-20-18-30(21-9-5-4-6-10-21)29-27(20)19-13-15-24(33-2)25(17-19)34-3/h4-18H,1-3H3,(H,28,31)/b16-14+. The predicted octanol–water partition coefficient (Wildman–Crippen LogP) is 5.22. The van der Waals surface area contributed by atoms with E-state index in [-0.39, 0.29) is 5.91 Å². The summed E-state index contributed by atoms with van der Waals surface area (Å²) >= 11 is 0. The van der Waals surface area contributed by atoms with Gasteiger partial charge >= 0.3 is 0 Å². The van der Waals surface area contributed by atoms with Gasteiger partial charge in [-0.3, -0.25) is 4.79 Å². The lowest BCUT2D eigenvalue weighted by Crippen LogP contribution is -2.08. The van der Waals surface area contributed by atoms with Gasteiger partial charge in [0.1, 0.15) is 11.4 Å². The summed E-state index contributed by atoms with van der Waals surface area (Å²) in [4.78, 5) is 12.6. The molecule has 0 aliphatic heterocycles. The number of hydrogen-bond donors (Lipinski definition) is 1. The highest BCUT2D eigenvalue weighted by Gasteiger charge is 2.14. The first kappa shape index (κ1) is 22.7. The van der Waals surface area contributed by atoms with E-state index in [2.05, 4.69) is 5.32 Å². The van der Waals surface area contributed by atoms with Gasteiger partial charge in [0.25, 0.3) is 0 Å². The molecular weight excluding hydrogens is 430 g/mol. The number of methoxy groups -OCH3 is 3. The van der Waals surface area contributed by atoms with Crippen molar-refractivity contribution < 1.29 is 19.0 Å². The maximum absolute atomic E-state index is 12.6. The van der Waals surface area contributed by atoms with Crippen molar-refractivity contribution in [3.8, 4) is 34.2 Å². The van der Waals surface area contributed by atoms with Crippen molar-refractivity contribution in [1.82, 2.24) is 9.78 Å². The molecule has 1 amide bonds. The molecule has 1 heterocycles. The third kappa shape index (κ3) is 4.94. The van der Waals surface area contributed by atoms with E-state index in [0.717, 1.165) is 16.8 Å².